The van der Waals surface area contributed by atoms with E-state index in [1.54, 1.807) is 49.0 Å². The number of hydrogen-bond acceptors (Lipinski definition) is 6. The number of halogens is 2. The third kappa shape index (κ3) is 4.23. The van der Waals surface area contributed by atoms with E-state index >= 15 is 0 Å². The maximum absolute atomic E-state index is 14.8. The van der Waals surface area contributed by atoms with Crippen LogP contribution in [0.4, 0.5) is 31.7 Å². The molecule has 7 nitrogen and oxygen atoms in total. The van der Waals surface area contributed by atoms with Gasteiger partial charge in [-0.2, -0.15) is 0 Å². The van der Waals surface area contributed by atoms with Crippen LogP contribution in [0, 0.1) is 5.92 Å². The highest BCUT2D eigenvalue weighted by atomic mass is 19.3. The summed E-state index contributed by atoms with van der Waals surface area (Å²) in [6.45, 7) is 2.16. The molecule has 1 aromatic heterocycles. The first-order chi connectivity index (χ1) is 16.5. The predicted octanol–water partition coefficient (Wildman–Crippen LogP) is 5.29. The molecule has 9 heteroatoms. The molecular formula is C25H26F2N4O3. The molecule has 178 valence electrons. The van der Waals surface area contributed by atoms with Gasteiger partial charge in [0.25, 0.3) is 5.92 Å². The molecule has 1 aromatic carbocycles. The molecule has 1 aliphatic carbocycles. The zero-order valence-electron chi connectivity index (χ0n) is 18.8. The van der Waals surface area contributed by atoms with Crippen molar-refractivity contribution < 1.29 is 23.0 Å². The molecule has 1 amide bonds. The lowest BCUT2D eigenvalue weighted by Gasteiger charge is -2.37. The molecular weight excluding hydrogens is 442 g/mol. The number of alkyl halides is 2. The second-order valence-corrected chi connectivity index (χ2v) is 8.56. The van der Waals surface area contributed by atoms with Gasteiger partial charge in [-0.15, -0.1) is 0 Å². The molecule has 34 heavy (non-hydrogen) atoms. The van der Waals surface area contributed by atoms with Crippen LogP contribution in [-0.4, -0.2) is 29.5 Å². The summed E-state index contributed by atoms with van der Waals surface area (Å²) in [6.07, 6.45) is 7.12. The van der Waals surface area contributed by atoms with E-state index in [0.717, 1.165) is 11.3 Å². The lowest BCUT2D eigenvalue weighted by atomic mass is 9.83. The van der Waals surface area contributed by atoms with Crippen molar-refractivity contribution in [1.29, 1.82) is 0 Å². The molecule has 3 aliphatic rings. The van der Waals surface area contributed by atoms with Gasteiger partial charge in [0.2, 0.25) is 5.91 Å². The minimum absolute atomic E-state index is 0.151. The Morgan fingerprint density at radius 2 is 2.09 bits per heavy atom. The summed E-state index contributed by atoms with van der Waals surface area (Å²) in [5.41, 5.74) is 2.92. The van der Waals surface area contributed by atoms with Gasteiger partial charge < -0.3 is 24.6 Å². The molecule has 2 atom stereocenters. The Hall–Kier alpha value is -3.46. The van der Waals surface area contributed by atoms with Gasteiger partial charge in [0.15, 0.2) is 0 Å². The standard InChI is InChI=1S/C25H26F2N4O3/c1-2-34-22-8-5-17(15-25(22,26)27)24(32)31-16-18-4-3-9-28-23(18)29-20-7-6-19(14-21(20)31)30-10-12-33-13-11-30/h3-4,6-7,9-14,17,22H,2,5,8,15-16H2,1H3,(H,28,29)/t17-,22-/m1/s1. The second-order valence-electron chi connectivity index (χ2n) is 8.56. The van der Waals surface area contributed by atoms with Crippen molar-refractivity contribution in [2.24, 2.45) is 5.92 Å². The van der Waals surface area contributed by atoms with Gasteiger partial charge in [-0.1, -0.05) is 6.07 Å². The van der Waals surface area contributed by atoms with Gasteiger partial charge in [0.05, 0.1) is 17.9 Å². The van der Waals surface area contributed by atoms with Crippen molar-refractivity contribution in [1.82, 2.24) is 4.98 Å². The van der Waals surface area contributed by atoms with Crippen LogP contribution in [-0.2, 0) is 20.8 Å². The number of ether oxygens (including phenoxy) is 2. The number of pyridine rings is 1. The van der Waals surface area contributed by atoms with Gasteiger partial charge in [0, 0.05) is 48.8 Å². The fourth-order valence-electron chi connectivity index (χ4n) is 4.70. The number of nitrogens with zero attached hydrogens (tertiary/aromatic N) is 3. The maximum atomic E-state index is 14.8. The van der Waals surface area contributed by atoms with Crippen LogP contribution in [0.1, 0.15) is 31.7 Å². The van der Waals surface area contributed by atoms with Gasteiger partial charge >= 0.3 is 0 Å². The highest BCUT2D eigenvalue weighted by Gasteiger charge is 2.48. The average molecular weight is 469 g/mol. The smallest absolute Gasteiger partial charge is 0.274 e. The molecule has 1 fully saturated rings. The van der Waals surface area contributed by atoms with Crippen molar-refractivity contribution in [3.8, 4) is 0 Å². The number of carbonyl (C=O) groups excluding carboxylic acids is 1. The Kier molecular flexibility index (Phi) is 5.95. The average Bonchev–Trinajstić information content (AvgIpc) is 3.01. The van der Waals surface area contributed by atoms with Gasteiger partial charge in [-0.3, -0.25) is 4.79 Å². The molecule has 0 unspecified atom stereocenters. The van der Waals surface area contributed by atoms with E-state index in [1.165, 1.54) is 0 Å². The fraction of sp³-hybridized carbons (Fsp3) is 0.360. The molecule has 5 rings (SSSR count). The number of aromatic nitrogens is 1. The molecule has 1 saturated carbocycles. The van der Waals surface area contributed by atoms with E-state index in [9.17, 15) is 13.6 Å². The summed E-state index contributed by atoms with van der Waals surface area (Å²) in [4.78, 5) is 21.6. The van der Waals surface area contributed by atoms with Gasteiger partial charge in [-0.05, 0) is 44.0 Å². The van der Waals surface area contributed by atoms with Crippen LogP contribution in [0.5, 0.6) is 0 Å². The van der Waals surface area contributed by atoms with Crippen molar-refractivity contribution in [3.05, 3.63) is 67.0 Å². The van der Waals surface area contributed by atoms with E-state index in [2.05, 4.69) is 10.3 Å². The number of anilines is 4. The zero-order chi connectivity index (χ0) is 23.7. The van der Waals surface area contributed by atoms with Gasteiger partial charge in [-0.25, -0.2) is 13.8 Å². The number of fused-ring (bicyclic) bond motifs is 2. The third-order valence-corrected chi connectivity index (χ3v) is 6.39. The van der Waals surface area contributed by atoms with Crippen LogP contribution in [0.25, 0.3) is 0 Å². The van der Waals surface area contributed by atoms with Crippen molar-refractivity contribution in [2.45, 2.75) is 44.8 Å². The number of amides is 1. The molecule has 0 saturated heterocycles. The van der Waals surface area contributed by atoms with Crippen molar-refractivity contribution in [2.75, 3.05) is 21.7 Å². The van der Waals surface area contributed by atoms with E-state index in [0.29, 0.717) is 23.6 Å². The summed E-state index contributed by atoms with van der Waals surface area (Å²) in [5.74, 6) is -3.53. The largest absolute Gasteiger partial charge is 0.470 e. The van der Waals surface area contributed by atoms with Crippen molar-refractivity contribution in [3.63, 3.8) is 0 Å². The third-order valence-electron chi connectivity index (χ3n) is 6.39. The summed E-state index contributed by atoms with van der Waals surface area (Å²) >= 11 is 0. The lowest BCUT2D eigenvalue weighted by molar-refractivity contribution is -0.170. The predicted molar refractivity (Wildman–Crippen MR) is 125 cm³/mol. The van der Waals surface area contributed by atoms with Crippen molar-refractivity contribution >= 4 is 28.8 Å². The monoisotopic (exact) mass is 468 g/mol. The Bertz CT molecular complexity index is 1120. The highest BCUT2D eigenvalue weighted by molar-refractivity contribution is 6.00. The number of rotatable bonds is 4. The molecule has 2 aromatic rings. The normalized spacial score (nSPS) is 22.8. The Morgan fingerprint density at radius 3 is 2.85 bits per heavy atom. The summed E-state index contributed by atoms with van der Waals surface area (Å²) in [7, 11) is 0. The van der Waals surface area contributed by atoms with Crippen LogP contribution >= 0.6 is 0 Å². The summed E-state index contributed by atoms with van der Waals surface area (Å²) < 4.78 is 40.0. The van der Waals surface area contributed by atoms with E-state index in [4.69, 9.17) is 9.47 Å². The minimum Gasteiger partial charge on any atom is -0.470 e. The highest BCUT2D eigenvalue weighted by Crippen LogP contribution is 2.43. The molecule has 0 spiro atoms. The summed E-state index contributed by atoms with van der Waals surface area (Å²) in [6, 6.07) is 9.33. The minimum atomic E-state index is -3.05. The first-order valence-electron chi connectivity index (χ1n) is 11.4. The van der Waals surface area contributed by atoms with Crippen LogP contribution in [0.15, 0.2) is 61.5 Å². The van der Waals surface area contributed by atoms with Crippen LogP contribution in [0.2, 0.25) is 0 Å². The first kappa shape index (κ1) is 22.3. The first-order valence-corrected chi connectivity index (χ1v) is 11.4. The van der Waals surface area contributed by atoms with E-state index < -0.39 is 24.4 Å². The molecule has 0 bridgehead atoms. The Morgan fingerprint density at radius 1 is 1.26 bits per heavy atom. The molecule has 2 aliphatic heterocycles. The number of nitrogens with one attached hydrogen (secondary N) is 1. The maximum Gasteiger partial charge on any atom is 0.274 e. The Labute approximate surface area is 196 Å². The second kappa shape index (κ2) is 9.06. The lowest BCUT2D eigenvalue weighted by Crippen LogP contribution is -2.47. The number of carbonyl (C=O) groups is 1. The van der Waals surface area contributed by atoms with E-state index in [-0.39, 0.29) is 25.5 Å². The van der Waals surface area contributed by atoms with E-state index in [1.807, 2.05) is 29.2 Å². The molecule has 1 N–H and O–H groups in total. The van der Waals surface area contributed by atoms with Gasteiger partial charge in [0.1, 0.15) is 24.4 Å². The Balaban J connectivity index is 1.50. The van der Waals surface area contributed by atoms with Crippen LogP contribution < -0.4 is 15.1 Å². The zero-order valence-corrected chi connectivity index (χ0v) is 18.8. The number of hydrogen-bond donors (Lipinski definition) is 1. The fourth-order valence-corrected chi connectivity index (χ4v) is 4.70. The number of benzene rings is 1. The quantitative estimate of drug-likeness (QED) is 0.658. The molecule has 3 heterocycles. The topological polar surface area (TPSA) is 66.9 Å². The summed E-state index contributed by atoms with van der Waals surface area (Å²) in [5, 5.41) is 3.31. The SMILES string of the molecule is CCO[C@@H]1CC[C@@H](C(=O)N2Cc3cccnc3Nc3ccc(N4C=COC=C4)cc32)CC1(F)F. The molecule has 0 radical (unpaired) electrons. The van der Waals surface area contributed by atoms with Crippen LogP contribution in [0.3, 0.4) is 0 Å².